The Hall–Kier alpha value is -4.38. The van der Waals surface area contributed by atoms with Crippen LogP contribution in [0.3, 0.4) is 0 Å². The number of aromatic nitrogens is 1. The quantitative estimate of drug-likeness (QED) is 0.428. The van der Waals surface area contributed by atoms with Crippen molar-refractivity contribution in [2.75, 3.05) is 58.0 Å². The zero-order chi connectivity index (χ0) is 31.5. The Labute approximate surface area is 268 Å². The number of amides is 3. The SMILES string of the molecule is O=C1NC2CC(c3ccccc3)CN(CCOCCOCCOC/C=C\c3cnc4c(c3)[C@]3(Cc5ccc1cc5C3)C(=O)N4)C2=O. The van der Waals surface area contributed by atoms with Crippen LogP contribution in [0.5, 0.6) is 0 Å². The van der Waals surface area contributed by atoms with E-state index in [1.807, 2.05) is 48.6 Å². The van der Waals surface area contributed by atoms with Gasteiger partial charge in [-0.1, -0.05) is 48.6 Å². The van der Waals surface area contributed by atoms with Crippen molar-refractivity contribution in [3.63, 3.8) is 0 Å². The summed E-state index contributed by atoms with van der Waals surface area (Å²) in [7, 11) is 0. The molecule has 1 aromatic heterocycles. The Bertz CT molecular complexity index is 1660. The number of piperidine rings is 1. The van der Waals surface area contributed by atoms with Crippen LogP contribution in [0.25, 0.3) is 6.08 Å². The first-order valence-corrected chi connectivity index (χ1v) is 16.0. The molecule has 3 aliphatic heterocycles. The first-order valence-electron chi connectivity index (χ1n) is 16.0. The highest BCUT2D eigenvalue weighted by atomic mass is 16.5. The molecule has 2 unspecified atom stereocenters. The molecule has 0 radical (unpaired) electrons. The first-order chi connectivity index (χ1) is 22.5. The molecule has 10 nitrogen and oxygen atoms in total. The Kier molecular flexibility index (Phi) is 8.66. The van der Waals surface area contributed by atoms with Gasteiger partial charge in [-0.05, 0) is 59.7 Å². The van der Waals surface area contributed by atoms with Gasteiger partial charge in [0.1, 0.15) is 11.9 Å². The Morgan fingerprint density at radius 3 is 2.50 bits per heavy atom. The van der Waals surface area contributed by atoms with Crippen LogP contribution in [-0.2, 0) is 42.1 Å². The minimum atomic E-state index is -0.783. The molecule has 3 amide bonds. The van der Waals surface area contributed by atoms with Crippen LogP contribution in [0.2, 0.25) is 0 Å². The Balaban J connectivity index is 1.16. The van der Waals surface area contributed by atoms with Gasteiger partial charge in [-0.15, -0.1) is 0 Å². The number of nitrogens with zero attached hydrogens (tertiary/aromatic N) is 2. The maximum atomic E-state index is 13.7. The van der Waals surface area contributed by atoms with Crippen molar-refractivity contribution in [3.8, 4) is 0 Å². The van der Waals surface area contributed by atoms with E-state index in [0.29, 0.717) is 83.4 Å². The van der Waals surface area contributed by atoms with Gasteiger partial charge in [0, 0.05) is 36.3 Å². The van der Waals surface area contributed by atoms with Gasteiger partial charge in [0.25, 0.3) is 5.91 Å². The lowest BCUT2D eigenvalue weighted by Crippen LogP contribution is -2.55. The predicted molar refractivity (Wildman–Crippen MR) is 172 cm³/mol. The highest BCUT2D eigenvalue weighted by Crippen LogP contribution is 2.47. The lowest BCUT2D eigenvalue weighted by atomic mass is 9.79. The summed E-state index contributed by atoms with van der Waals surface area (Å²) in [5, 5.41) is 6.02. The van der Waals surface area contributed by atoms with Crippen LogP contribution in [0.1, 0.15) is 50.5 Å². The molecule has 3 atom stereocenters. The second-order valence-electron chi connectivity index (χ2n) is 12.4. The summed E-state index contributed by atoms with van der Waals surface area (Å²) < 4.78 is 17.1. The van der Waals surface area contributed by atoms with Gasteiger partial charge in [0.2, 0.25) is 11.8 Å². The monoisotopic (exact) mass is 622 g/mol. The third-order valence-corrected chi connectivity index (χ3v) is 9.46. The van der Waals surface area contributed by atoms with E-state index in [2.05, 4.69) is 27.8 Å². The van der Waals surface area contributed by atoms with Crippen molar-refractivity contribution >= 4 is 29.6 Å². The van der Waals surface area contributed by atoms with Crippen molar-refractivity contribution in [2.24, 2.45) is 0 Å². The minimum absolute atomic E-state index is 0.0731. The second kappa shape index (κ2) is 13.2. The molecule has 46 heavy (non-hydrogen) atoms. The fraction of sp³-hybridized carbons (Fsp3) is 0.389. The van der Waals surface area contributed by atoms with Crippen LogP contribution in [0.4, 0.5) is 5.82 Å². The molecule has 0 saturated carbocycles. The van der Waals surface area contributed by atoms with E-state index in [-0.39, 0.29) is 23.6 Å². The van der Waals surface area contributed by atoms with E-state index >= 15 is 0 Å². The van der Waals surface area contributed by atoms with Crippen LogP contribution in [0.15, 0.2) is 66.9 Å². The number of pyridine rings is 1. The zero-order valence-corrected chi connectivity index (χ0v) is 25.7. The van der Waals surface area contributed by atoms with E-state index in [4.69, 9.17) is 14.2 Å². The summed E-state index contributed by atoms with van der Waals surface area (Å²) in [6.07, 6.45) is 7.11. The fourth-order valence-electron chi connectivity index (χ4n) is 7.07. The van der Waals surface area contributed by atoms with Crippen molar-refractivity contribution in [2.45, 2.75) is 36.6 Å². The maximum Gasteiger partial charge on any atom is 0.251 e. The third kappa shape index (κ3) is 6.08. The molecule has 1 aliphatic carbocycles. The third-order valence-electron chi connectivity index (χ3n) is 9.46. The average Bonchev–Trinajstić information content (AvgIpc) is 3.59. The Morgan fingerprint density at radius 2 is 1.65 bits per heavy atom. The van der Waals surface area contributed by atoms with Gasteiger partial charge in [-0.2, -0.15) is 0 Å². The molecule has 238 valence electrons. The molecule has 1 fully saturated rings. The molecule has 2 aromatic carbocycles. The number of rotatable bonds is 1. The van der Waals surface area contributed by atoms with Gasteiger partial charge >= 0.3 is 0 Å². The maximum absolute atomic E-state index is 13.7. The number of carbonyl (C=O) groups is 3. The number of hydrogen-bond acceptors (Lipinski definition) is 7. The molecule has 3 aromatic rings. The van der Waals surface area contributed by atoms with Gasteiger partial charge in [-0.3, -0.25) is 14.4 Å². The van der Waals surface area contributed by atoms with E-state index < -0.39 is 11.5 Å². The van der Waals surface area contributed by atoms with Crippen molar-refractivity contribution in [1.82, 2.24) is 15.2 Å². The number of ether oxygens (including phenoxy) is 3. The average molecular weight is 623 g/mol. The normalized spacial score (nSPS) is 26.2. The summed E-state index contributed by atoms with van der Waals surface area (Å²) in [5.41, 5.74) is 4.55. The smallest absolute Gasteiger partial charge is 0.251 e. The van der Waals surface area contributed by atoms with Crippen LogP contribution >= 0.6 is 0 Å². The van der Waals surface area contributed by atoms with E-state index in [9.17, 15) is 14.4 Å². The molecule has 4 heterocycles. The van der Waals surface area contributed by atoms with Crippen molar-refractivity contribution in [1.29, 1.82) is 0 Å². The fourth-order valence-corrected chi connectivity index (χ4v) is 7.07. The van der Waals surface area contributed by atoms with E-state index in [1.54, 1.807) is 17.2 Å². The summed E-state index contributed by atoms with van der Waals surface area (Å²) in [5.74, 6) is 0.157. The molecule has 10 heteroatoms. The molecule has 7 bridgehead atoms. The van der Waals surface area contributed by atoms with Crippen LogP contribution in [0, 0.1) is 0 Å². The van der Waals surface area contributed by atoms with E-state index in [0.717, 1.165) is 27.8 Å². The molecular formula is C36H38N4O6. The lowest BCUT2D eigenvalue weighted by molar-refractivity contribution is -0.137. The molecule has 7 rings (SSSR count). The number of fused-ring (bicyclic) bond motifs is 4. The van der Waals surface area contributed by atoms with Crippen molar-refractivity contribution < 1.29 is 28.6 Å². The summed E-state index contributed by atoms with van der Waals surface area (Å²) in [6.45, 7) is 3.50. The molecular weight excluding hydrogens is 584 g/mol. The number of carbonyl (C=O) groups excluding carboxylic acids is 3. The number of benzene rings is 2. The second-order valence-corrected chi connectivity index (χ2v) is 12.4. The molecule has 1 saturated heterocycles. The largest absolute Gasteiger partial charge is 0.377 e. The number of hydrogen-bond donors (Lipinski definition) is 2. The number of nitrogens with one attached hydrogen (secondary N) is 2. The number of anilines is 1. The van der Waals surface area contributed by atoms with Gasteiger partial charge < -0.3 is 29.7 Å². The van der Waals surface area contributed by atoms with Crippen LogP contribution < -0.4 is 10.6 Å². The highest BCUT2D eigenvalue weighted by Gasteiger charge is 2.51. The lowest BCUT2D eigenvalue weighted by Gasteiger charge is -2.38. The van der Waals surface area contributed by atoms with Gasteiger partial charge in [0.15, 0.2) is 0 Å². The summed E-state index contributed by atoms with van der Waals surface area (Å²) in [6, 6.07) is 17.0. The first kappa shape index (κ1) is 30.3. The van der Waals surface area contributed by atoms with Gasteiger partial charge in [-0.25, -0.2) is 4.98 Å². The van der Waals surface area contributed by atoms with Crippen molar-refractivity contribution in [3.05, 3.63) is 100 Å². The van der Waals surface area contributed by atoms with Gasteiger partial charge in [0.05, 0.1) is 45.1 Å². The standard InChI is InChI=1S/C36H38N4O6/c41-33-26-8-9-27-20-36(21-28(27)18-26)30-17-24(22-37-32(30)39-35(36)43)5-4-11-44-13-15-46-16-14-45-12-10-40-23-29(19-31(38-33)34(40)42)25-6-2-1-3-7-25/h1-9,17-18,22,29,31H,10-16,19-21,23H2,(H,38,41)(H,37,39,43)/b5-4-/t29?,31?,36-/m1/s1. The highest BCUT2D eigenvalue weighted by molar-refractivity contribution is 6.06. The van der Waals surface area contributed by atoms with E-state index in [1.165, 1.54) is 0 Å². The molecule has 2 N–H and O–H groups in total. The Morgan fingerprint density at radius 1 is 0.870 bits per heavy atom. The zero-order valence-electron chi connectivity index (χ0n) is 25.7. The molecule has 4 aliphatic rings. The summed E-state index contributed by atoms with van der Waals surface area (Å²) in [4.78, 5) is 47.1. The minimum Gasteiger partial charge on any atom is -0.377 e. The van der Waals surface area contributed by atoms with Crippen LogP contribution in [-0.4, -0.2) is 86.4 Å². The predicted octanol–water partition coefficient (Wildman–Crippen LogP) is 3.26. The summed E-state index contributed by atoms with van der Waals surface area (Å²) >= 11 is 0. The topological polar surface area (TPSA) is 119 Å². The molecule has 1 spiro atoms.